The van der Waals surface area contributed by atoms with Gasteiger partial charge in [0.15, 0.2) is 0 Å². The summed E-state index contributed by atoms with van der Waals surface area (Å²) in [6, 6.07) is 19.2. The van der Waals surface area contributed by atoms with E-state index in [9.17, 15) is 14.7 Å². The van der Waals surface area contributed by atoms with Gasteiger partial charge in [0, 0.05) is 35.9 Å². The van der Waals surface area contributed by atoms with Crippen LogP contribution in [0.15, 0.2) is 90.1 Å². The third-order valence-electron chi connectivity index (χ3n) is 6.08. The highest BCUT2D eigenvalue weighted by atomic mass is 16.3. The minimum atomic E-state index is -0.912. The summed E-state index contributed by atoms with van der Waals surface area (Å²) in [5.41, 5.74) is 11.0. The van der Waals surface area contributed by atoms with Gasteiger partial charge in [-0.15, -0.1) is 0 Å². The number of carbonyl (C=O) groups is 1. The minimum Gasteiger partial charge on any atom is -0.398 e. The molecule has 37 heavy (non-hydrogen) atoms. The molecular formula is C29H29N5O3. The van der Waals surface area contributed by atoms with E-state index >= 15 is 0 Å². The molecule has 0 aliphatic rings. The van der Waals surface area contributed by atoms with E-state index in [1.807, 2.05) is 43.3 Å². The number of nitrogens with one attached hydrogen (secondary N) is 2. The van der Waals surface area contributed by atoms with E-state index in [4.69, 9.17) is 11.1 Å². The zero-order chi connectivity index (χ0) is 26.4. The molecule has 0 aliphatic carbocycles. The van der Waals surface area contributed by atoms with Gasteiger partial charge in [-0.1, -0.05) is 42.0 Å². The van der Waals surface area contributed by atoms with E-state index in [-0.39, 0.29) is 11.3 Å². The van der Waals surface area contributed by atoms with Crippen LogP contribution in [-0.2, 0) is 13.0 Å². The molecule has 2 aromatic carbocycles. The van der Waals surface area contributed by atoms with Gasteiger partial charge in [0.1, 0.15) is 0 Å². The van der Waals surface area contributed by atoms with Crippen molar-refractivity contribution in [2.45, 2.75) is 25.9 Å². The predicted octanol–water partition coefficient (Wildman–Crippen LogP) is 2.93. The molecular weight excluding hydrogens is 466 g/mol. The van der Waals surface area contributed by atoms with Crippen LogP contribution in [0.25, 0.3) is 0 Å². The van der Waals surface area contributed by atoms with Crippen LogP contribution in [0.3, 0.4) is 0 Å². The summed E-state index contributed by atoms with van der Waals surface area (Å²) < 4.78 is 1.65. The number of aryl methyl sites for hydroxylation is 1. The summed E-state index contributed by atoms with van der Waals surface area (Å²) >= 11 is 0. The highest BCUT2D eigenvalue weighted by molar-refractivity contribution is 6.08. The number of amides is 1. The standard InChI is InChI=1S/C29H29N5O3/c1-19-5-10-25(30)24(12-19)28(31)26(18-35)33-29(37)23-14-22(15-32-16-23)13-20-6-8-21(9-7-20)17-34-11-3-2-4-27(34)36/h2-12,14-16,26,31,35H,13,17-18,30H2,1H3,(H,33,37). The number of pyridine rings is 2. The second-order valence-electron chi connectivity index (χ2n) is 8.95. The summed E-state index contributed by atoms with van der Waals surface area (Å²) in [6.45, 7) is 1.94. The van der Waals surface area contributed by atoms with Crippen molar-refractivity contribution in [2.75, 3.05) is 12.3 Å². The summed E-state index contributed by atoms with van der Waals surface area (Å²) in [6.07, 6.45) is 5.49. The normalized spacial score (nSPS) is 11.6. The van der Waals surface area contributed by atoms with E-state index in [2.05, 4.69) is 10.3 Å². The molecule has 0 aliphatic heterocycles. The maximum absolute atomic E-state index is 12.9. The number of hydrogen-bond acceptors (Lipinski definition) is 6. The predicted molar refractivity (Wildman–Crippen MR) is 144 cm³/mol. The van der Waals surface area contributed by atoms with Crippen LogP contribution < -0.4 is 16.6 Å². The molecule has 0 fully saturated rings. The fourth-order valence-electron chi connectivity index (χ4n) is 4.04. The number of hydrogen-bond donors (Lipinski definition) is 4. The molecule has 1 atom stereocenters. The second-order valence-corrected chi connectivity index (χ2v) is 8.95. The zero-order valence-corrected chi connectivity index (χ0v) is 20.5. The number of nitrogen functional groups attached to an aromatic ring is 1. The summed E-state index contributed by atoms with van der Waals surface area (Å²) in [5, 5.41) is 21.1. The first-order chi connectivity index (χ1) is 17.8. The molecule has 1 amide bonds. The molecule has 0 bridgehead atoms. The molecule has 0 spiro atoms. The van der Waals surface area contributed by atoms with Crippen molar-refractivity contribution in [2.24, 2.45) is 0 Å². The van der Waals surface area contributed by atoms with Gasteiger partial charge in [0.25, 0.3) is 11.5 Å². The number of aliphatic hydroxyl groups is 1. The fraction of sp³-hybridized carbons (Fsp3) is 0.172. The lowest BCUT2D eigenvalue weighted by Gasteiger charge is -2.19. The Labute approximate surface area is 214 Å². The lowest BCUT2D eigenvalue weighted by molar-refractivity contribution is 0.0933. The second kappa shape index (κ2) is 11.5. The van der Waals surface area contributed by atoms with Gasteiger partial charge in [0.2, 0.25) is 0 Å². The molecule has 0 saturated heterocycles. The highest BCUT2D eigenvalue weighted by Crippen LogP contribution is 2.17. The van der Waals surface area contributed by atoms with Crippen LogP contribution in [-0.4, -0.2) is 38.9 Å². The molecule has 8 heteroatoms. The van der Waals surface area contributed by atoms with Gasteiger partial charge in [-0.2, -0.15) is 0 Å². The number of aromatic nitrogens is 2. The molecule has 2 aromatic heterocycles. The Morgan fingerprint density at radius 2 is 1.81 bits per heavy atom. The van der Waals surface area contributed by atoms with Crippen molar-refractivity contribution >= 4 is 17.3 Å². The average molecular weight is 496 g/mol. The summed E-state index contributed by atoms with van der Waals surface area (Å²) in [7, 11) is 0. The number of benzene rings is 2. The number of anilines is 1. The van der Waals surface area contributed by atoms with E-state index in [0.717, 1.165) is 22.3 Å². The Morgan fingerprint density at radius 3 is 2.54 bits per heavy atom. The lowest BCUT2D eigenvalue weighted by atomic mass is 9.99. The van der Waals surface area contributed by atoms with Crippen LogP contribution >= 0.6 is 0 Å². The number of nitrogens with two attached hydrogens (primary N) is 1. The number of aliphatic hydroxyl groups excluding tert-OH is 1. The zero-order valence-electron chi connectivity index (χ0n) is 20.5. The number of carbonyl (C=O) groups excluding carboxylic acids is 1. The smallest absolute Gasteiger partial charge is 0.253 e. The highest BCUT2D eigenvalue weighted by Gasteiger charge is 2.21. The largest absolute Gasteiger partial charge is 0.398 e. The van der Waals surface area contributed by atoms with Crippen LogP contribution in [0.2, 0.25) is 0 Å². The van der Waals surface area contributed by atoms with Crippen LogP contribution in [0.1, 0.15) is 38.2 Å². The molecule has 1 unspecified atom stereocenters. The Balaban J connectivity index is 1.43. The molecule has 4 aromatic rings. The van der Waals surface area contributed by atoms with Gasteiger partial charge in [-0.3, -0.25) is 14.6 Å². The van der Waals surface area contributed by atoms with E-state index < -0.39 is 18.6 Å². The van der Waals surface area contributed by atoms with Crippen LogP contribution in [0, 0.1) is 12.3 Å². The van der Waals surface area contributed by atoms with Gasteiger partial charge in [0.05, 0.1) is 30.5 Å². The van der Waals surface area contributed by atoms with Crippen molar-refractivity contribution in [1.82, 2.24) is 14.9 Å². The third kappa shape index (κ3) is 6.36. The Morgan fingerprint density at radius 1 is 1.05 bits per heavy atom. The lowest BCUT2D eigenvalue weighted by Crippen LogP contribution is -2.43. The van der Waals surface area contributed by atoms with Gasteiger partial charge in [-0.25, -0.2) is 0 Å². The molecule has 5 N–H and O–H groups in total. The van der Waals surface area contributed by atoms with Crippen molar-refractivity contribution in [3.8, 4) is 0 Å². The third-order valence-corrected chi connectivity index (χ3v) is 6.08. The first-order valence-corrected chi connectivity index (χ1v) is 11.9. The van der Waals surface area contributed by atoms with E-state index in [1.54, 1.807) is 41.2 Å². The van der Waals surface area contributed by atoms with E-state index in [0.29, 0.717) is 29.8 Å². The summed E-state index contributed by atoms with van der Waals surface area (Å²) in [4.78, 5) is 29.1. The van der Waals surface area contributed by atoms with Crippen molar-refractivity contribution in [3.05, 3.63) is 129 Å². The topological polar surface area (TPSA) is 134 Å². The Hall–Kier alpha value is -4.56. The molecule has 188 valence electrons. The van der Waals surface area contributed by atoms with Crippen LogP contribution in [0.4, 0.5) is 5.69 Å². The molecule has 8 nitrogen and oxygen atoms in total. The SMILES string of the molecule is Cc1ccc(N)c(C(=N)C(CO)NC(=O)c2cncc(Cc3ccc(Cn4ccccc4=O)cc3)c2)c1. The maximum Gasteiger partial charge on any atom is 0.253 e. The monoisotopic (exact) mass is 495 g/mol. The number of nitrogens with zero attached hydrogens (tertiary/aromatic N) is 2. The van der Waals surface area contributed by atoms with Crippen molar-refractivity contribution < 1.29 is 9.90 Å². The molecule has 2 heterocycles. The molecule has 0 radical (unpaired) electrons. The van der Waals surface area contributed by atoms with Crippen molar-refractivity contribution in [3.63, 3.8) is 0 Å². The van der Waals surface area contributed by atoms with Crippen molar-refractivity contribution in [1.29, 1.82) is 5.41 Å². The summed E-state index contributed by atoms with van der Waals surface area (Å²) in [5.74, 6) is -0.437. The minimum absolute atomic E-state index is 0.0408. The van der Waals surface area contributed by atoms with Gasteiger partial charge >= 0.3 is 0 Å². The Kier molecular flexibility index (Phi) is 7.90. The average Bonchev–Trinajstić information content (AvgIpc) is 2.90. The Bertz CT molecular complexity index is 1480. The quantitative estimate of drug-likeness (QED) is 0.209. The van der Waals surface area contributed by atoms with Gasteiger partial charge < -0.3 is 26.1 Å². The number of rotatable bonds is 9. The maximum atomic E-state index is 12.9. The fourth-order valence-corrected chi connectivity index (χ4v) is 4.04. The molecule has 0 saturated carbocycles. The van der Waals surface area contributed by atoms with Crippen LogP contribution in [0.5, 0.6) is 0 Å². The first-order valence-electron chi connectivity index (χ1n) is 11.9. The first kappa shape index (κ1) is 25.5. The van der Waals surface area contributed by atoms with E-state index in [1.165, 1.54) is 12.3 Å². The van der Waals surface area contributed by atoms with Gasteiger partial charge in [-0.05, 0) is 54.3 Å². The molecule has 4 rings (SSSR count).